The smallest absolute Gasteiger partial charge is 0.206 e. The summed E-state index contributed by atoms with van der Waals surface area (Å²) in [5.74, 6) is 0.801. The van der Waals surface area contributed by atoms with Crippen LogP contribution in [0.5, 0.6) is 0 Å². The lowest BCUT2D eigenvalue weighted by Gasteiger charge is -1.95. The van der Waals surface area contributed by atoms with Gasteiger partial charge in [0.2, 0.25) is 5.13 Å². The van der Waals surface area contributed by atoms with Crippen LogP contribution < -0.4 is 5.32 Å². The molecule has 0 saturated heterocycles. The lowest BCUT2D eigenvalue weighted by Crippen LogP contribution is -1.97. The van der Waals surface area contributed by atoms with E-state index < -0.39 is 0 Å². The average molecular weight is 210 g/mol. The highest BCUT2D eigenvalue weighted by Gasteiger charge is 2.02. The van der Waals surface area contributed by atoms with Gasteiger partial charge in [-0.05, 0) is 13.8 Å². The van der Waals surface area contributed by atoms with E-state index in [1.54, 1.807) is 0 Å². The predicted octanol–water partition coefficient (Wildman–Crippen LogP) is 1.76. The Bertz CT molecular complexity index is 382. The van der Waals surface area contributed by atoms with Gasteiger partial charge in [-0.3, -0.25) is 0 Å². The van der Waals surface area contributed by atoms with Crippen LogP contribution in [0.15, 0.2) is 10.6 Å². The number of nitrogens with one attached hydrogen (secondary N) is 1. The van der Waals surface area contributed by atoms with Crippen molar-refractivity contribution < 1.29 is 4.52 Å². The maximum absolute atomic E-state index is 5.04. The molecule has 2 heterocycles. The summed E-state index contributed by atoms with van der Waals surface area (Å²) in [6, 6.07) is 1.89. The molecule has 2 aromatic rings. The highest BCUT2D eigenvalue weighted by molar-refractivity contribution is 7.15. The van der Waals surface area contributed by atoms with E-state index in [-0.39, 0.29) is 0 Å². The highest BCUT2D eigenvalue weighted by Crippen LogP contribution is 2.14. The number of anilines is 1. The molecule has 0 spiro atoms. The van der Waals surface area contributed by atoms with Gasteiger partial charge in [0.25, 0.3) is 0 Å². The molecular formula is C8H10N4OS. The van der Waals surface area contributed by atoms with Gasteiger partial charge in [0.1, 0.15) is 5.01 Å². The minimum Gasteiger partial charge on any atom is -0.359 e. The molecular weight excluding hydrogens is 200 g/mol. The molecule has 0 unspecified atom stereocenters. The summed E-state index contributed by atoms with van der Waals surface area (Å²) >= 11 is 1.52. The summed E-state index contributed by atoms with van der Waals surface area (Å²) in [6.07, 6.45) is 0. The normalized spacial score (nSPS) is 10.4. The second-order valence-electron chi connectivity index (χ2n) is 2.91. The van der Waals surface area contributed by atoms with Gasteiger partial charge in [-0.1, -0.05) is 16.5 Å². The van der Waals surface area contributed by atoms with E-state index in [4.69, 9.17) is 4.52 Å². The first-order chi connectivity index (χ1) is 6.74. The van der Waals surface area contributed by atoms with Crippen LogP contribution in [0.4, 0.5) is 5.13 Å². The fourth-order valence-corrected chi connectivity index (χ4v) is 1.62. The number of nitrogens with zero attached hydrogens (tertiary/aromatic N) is 3. The fraction of sp³-hybridized carbons (Fsp3) is 0.375. The van der Waals surface area contributed by atoms with E-state index in [9.17, 15) is 0 Å². The highest BCUT2D eigenvalue weighted by atomic mass is 32.1. The first kappa shape index (κ1) is 9.14. The maximum Gasteiger partial charge on any atom is 0.206 e. The molecule has 0 fully saturated rings. The Morgan fingerprint density at radius 1 is 1.43 bits per heavy atom. The zero-order chi connectivity index (χ0) is 9.97. The third-order valence-electron chi connectivity index (χ3n) is 1.62. The summed E-state index contributed by atoms with van der Waals surface area (Å²) in [5, 5.41) is 16.5. The van der Waals surface area contributed by atoms with Crippen molar-refractivity contribution in [2.75, 3.05) is 5.32 Å². The molecule has 0 amide bonds. The van der Waals surface area contributed by atoms with Gasteiger partial charge in [0, 0.05) is 6.07 Å². The number of hydrogen-bond acceptors (Lipinski definition) is 6. The first-order valence-electron chi connectivity index (χ1n) is 4.20. The molecule has 0 atom stereocenters. The number of aromatic nitrogens is 3. The Hall–Kier alpha value is -1.43. The van der Waals surface area contributed by atoms with Crippen LogP contribution in [0.3, 0.4) is 0 Å². The minimum atomic E-state index is 0.593. The van der Waals surface area contributed by atoms with Crippen LogP contribution in [-0.2, 0) is 6.54 Å². The second kappa shape index (κ2) is 3.75. The molecule has 0 aromatic carbocycles. The topological polar surface area (TPSA) is 63.8 Å². The molecule has 0 radical (unpaired) electrons. The molecule has 0 bridgehead atoms. The van der Waals surface area contributed by atoms with Crippen molar-refractivity contribution in [1.82, 2.24) is 15.4 Å². The van der Waals surface area contributed by atoms with Crippen molar-refractivity contribution in [2.24, 2.45) is 0 Å². The van der Waals surface area contributed by atoms with Gasteiger partial charge in [0.05, 0.1) is 12.2 Å². The van der Waals surface area contributed by atoms with E-state index in [1.807, 2.05) is 19.9 Å². The van der Waals surface area contributed by atoms with Crippen molar-refractivity contribution in [3.63, 3.8) is 0 Å². The number of aryl methyl sites for hydroxylation is 2. The van der Waals surface area contributed by atoms with Crippen molar-refractivity contribution in [2.45, 2.75) is 20.4 Å². The van der Waals surface area contributed by atoms with Gasteiger partial charge in [-0.2, -0.15) is 0 Å². The summed E-state index contributed by atoms with van der Waals surface area (Å²) in [7, 11) is 0. The van der Waals surface area contributed by atoms with E-state index in [0.29, 0.717) is 6.54 Å². The molecule has 1 N–H and O–H groups in total. The molecule has 2 aromatic heterocycles. The van der Waals surface area contributed by atoms with Gasteiger partial charge in [-0.25, -0.2) is 0 Å². The third kappa shape index (κ3) is 2.08. The molecule has 74 valence electrons. The summed E-state index contributed by atoms with van der Waals surface area (Å²) < 4.78 is 5.04. The zero-order valence-corrected chi connectivity index (χ0v) is 8.76. The molecule has 0 saturated carbocycles. The van der Waals surface area contributed by atoms with Crippen LogP contribution in [0, 0.1) is 13.8 Å². The Labute approximate surface area is 85.1 Å². The molecule has 0 aliphatic heterocycles. The molecule has 6 heteroatoms. The van der Waals surface area contributed by atoms with Crippen LogP contribution in [0.2, 0.25) is 0 Å². The average Bonchev–Trinajstić information content (AvgIpc) is 2.72. The number of hydrogen-bond donors (Lipinski definition) is 1. The largest absolute Gasteiger partial charge is 0.359 e. The maximum atomic E-state index is 5.04. The minimum absolute atomic E-state index is 0.593. The predicted molar refractivity (Wildman–Crippen MR) is 53.2 cm³/mol. The Balaban J connectivity index is 1.94. The fourth-order valence-electron chi connectivity index (χ4n) is 1.03. The lowest BCUT2D eigenvalue weighted by molar-refractivity contribution is 0.384. The van der Waals surface area contributed by atoms with Crippen molar-refractivity contribution >= 4 is 16.5 Å². The van der Waals surface area contributed by atoms with Gasteiger partial charge >= 0.3 is 0 Å². The zero-order valence-electron chi connectivity index (χ0n) is 7.94. The standard InChI is InChI=1S/C8H10N4OS/c1-5-3-7(13-12-5)4-9-8-11-10-6(2)14-8/h3H,4H2,1-2H3,(H,9,11). The first-order valence-corrected chi connectivity index (χ1v) is 5.02. The van der Waals surface area contributed by atoms with Gasteiger partial charge in [-0.15, -0.1) is 10.2 Å². The van der Waals surface area contributed by atoms with Crippen molar-refractivity contribution in [1.29, 1.82) is 0 Å². The van der Waals surface area contributed by atoms with Crippen LogP contribution in [0.1, 0.15) is 16.5 Å². The third-order valence-corrected chi connectivity index (χ3v) is 2.41. The van der Waals surface area contributed by atoms with Crippen molar-refractivity contribution in [3.8, 4) is 0 Å². The quantitative estimate of drug-likeness (QED) is 0.836. The van der Waals surface area contributed by atoms with Crippen molar-refractivity contribution in [3.05, 3.63) is 22.5 Å². The molecule has 5 nitrogen and oxygen atoms in total. The molecule has 0 aliphatic rings. The molecule has 2 rings (SSSR count). The van der Waals surface area contributed by atoms with Crippen LogP contribution in [0.25, 0.3) is 0 Å². The Morgan fingerprint density at radius 2 is 2.29 bits per heavy atom. The molecule has 14 heavy (non-hydrogen) atoms. The Morgan fingerprint density at radius 3 is 2.86 bits per heavy atom. The monoisotopic (exact) mass is 210 g/mol. The second-order valence-corrected chi connectivity index (χ2v) is 4.10. The van der Waals surface area contributed by atoms with Gasteiger partial charge in [0.15, 0.2) is 5.76 Å². The van der Waals surface area contributed by atoms with Crippen LogP contribution in [-0.4, -0.2) is 15.4 Å². The number of rotatable bonds is 3. The molecule has 0 aliphatic carbocycles. The lowest BCUT2D eigenvalue weighted by atomic mass is 10.4. The summed E-state index contributed by atoms with van der Waals surface area (Å²) in [6.45, 7) is 4.40. The SMILES string of the molecule is Cc1cc(CNc2nnc(C)s2)on1. The van der Waals surface area contributed by atoms with E-state index >= 15 is 0 Å². The van der Waals surface area contributed by atoms with Crippen LogP contribution >= 0.6 is 11.3 Å². The summed E-state index contributed by atoms with van der Waals surface area (Å²) in [4.78, 5) is 0. The summed E-state index contributed by atoms with van der Waals surface area (Å²) in [5.41, 5.74) is 0.884. The Kier molecular flexibility index (Phi) is 2.45. The van der Waals surface area contributed by atoms with E-state index in [1.165, 1.54) is 11.3 Å². The van der Waals surface area contributed by atoms with E-state index in [0.717, 1.165) is 21.6 Å². The van der Waals surface area contributed by atoms with E-state index in [2.05, 4.69) is 20.7 Å². The van der Waals surface area contributed by atoms with Gasteiger partial charge < -0.3 is 9.84 Å².